The number of hydrogen-bond acceptors (Lipinski definition) is 4. The third-order valence-electron chi connectivity index (χ3n) is 4.41. The Hall–Kier alpha value is -2.91. The molecular weight excluding hydrogens is 358 g/mol. The van der Waals surface area contributed by atoms with Crippen LogP contribution in [0.2, 0.25) is 0 Å². The molecule has 3 rings (SSSR count). The number of fused-ring (bicyclic) bond motifs is 1. The van der Waals surface area contributed by atoms with Crippen LogP contribution in [-0.2, 0) is 6.54 Å². The monoisotopic (exact) mass is 379 g/mol. The number of aryl methyl sites for hydroxylation is 2. The molecule has 0 saturated heterocycles. The summed E-state index contributed by atoms with van der Waals surface area (Å²) in [5.41, 5.74) is 3.30. The highest BCUT2D eigenvalue weighted by Crippen LogP contribution is 2.30. The summed E-state index contributed by atoms with van der Waals surface area (Å²) in [6.45, 7) is 7.24. The Bertz CT molecular complexity index is 1020. The molecule has 3 aromatic rings. The number of rotatable bonds is 6. The summed E-state index contributed by atoms with van der Waals surface area (Å²) in [5, 5.41) is 14.7. The SMILES string of the molecule is CCOc1ccc2c(c1)c(C)c(C(=O)Nc1ccc(SC#N)cc1)n2CC. The number of thioether (sulfide) groups is 1. The number of aromatic nitrogens is 1. The molecule has 0 aliphatic carbocycles. The Morgan fingerprint density at radius 3 is 2.59 bits per heavy atom. The zero-order valence-corrected chi connectivity index (χ0v) is 16.4. The maximum absolute atomic E-state index is 13.0. The number of benzene rings is 2. The van der Waals surface area contributed by atoms with Gasteiger partial charge >= 0.3 is 0 Å². The van der Waals surface area contributed by atoms with Crippen molar-refractivity contribution in [3.63, 3.8) is 0 Å². The van der Waals surface area contributed by atoms with Gasteiger partial charge in [-0.2, -0.15) is 5.26 Å². The van der Waals surface area contributed by atoms with Crippen molar-refractivity contribution in [2.24, 2.45) is 0 Å². The van der Waals surface area contributed by atoms with Crippen LogP contribution in [0.4, 0.5) is 5.69 Å². The van der Waals surface area contributed by atoms with E-state index in [-0.39, 0.29) is 5.91 Å². The topological polar surface area (TPSA) is 67.0 Å². The van der Waals surface area contributed by atoms with E-state index in [0.29, 0.717) is 24.5 Å². The molecule has 2 aromatic carbocycles. The minimum atomic E-state index is -0.149. The van der Waals surface area contributed by atoms with Crippen LogP contribution in [0.25, 0.3) is 10.9 Å². The van der Waals surface area contributed by atoms with Crippen LogP contribution in [-0.4, -0.2) is 17.1 Å². The third-order valence-corrected chi connectivity index (χ3v) is 5.01. The van der Waals surface area contributed by atoms with Crippen molar-refractivity contribution in [3.05, 3.63) is 53.7 Å². The number of nitrogens with one attached hydrogen (secondary N) is 1. The smallest absolute Gasteiger partial charge is 0.272 e. The second-order valence-corrected chi connectivity index (χ2v) is 6.86. The second kappa shape index (κ2) is 8.19. The van der Waals surface area contributed by atoms with Crippen LogP contribution in [0.5, 0.6) is 5.75 Å². The first-order valence-corrected chi connectivity index (χ1v) is 9.63. The van der Waals surface area contributed by atoms with Crippen molar-refractivity contribution < 1.29 is 9.53 Å². The number of ether oxygens (including phenoxy) is 1. The number of nitriles is 1. The average molecular weight is 379 g/mol. The molecule has 0 unspecified atom stereocenters. The Morgan fingerprint density at radius 1 is 1.22 bits per heavy atom. The number of amides is 1. The molecule has 1 heterocycles. The molecule has 1 aromatic heterocycles. The van der Waals surface area contributed by atoms with Gasteiger partial charge in [-0.05, 0) is 80.6 Å². The fourth-order valence-corrected chi connectivity index (χ4v) is 3.61. The molecule has 0 aliphatic heterocycles. The summed E-state index contributed by atoms with van der Waals surface area (Å²) < 4.78 is 7.63. The summed E-state index contributed by atoms with van der Waals surface area (Å²) in [6.07, 6.45) is 0. The van der Waals surface area contributed by atoms with E-state index < -0.39 is 0 Å². The van der Waals surface area contributed by atoms with Gasteiger partial charge in [0.1, 0.15) is 16.8 Å². The Kier molecular flexibility index (Phi) is 5.72. The van der Waals surface area contributed by atoms with Gasteiger partial charge in [0, 0.05) is 28.0 Å². The molecule has 0 aliphatic rings. The van der Waals surface area contributed by atoms with Gasteiger partial charge in [0.25, 0.3) is 5.91 Å². The van der Waals surface area contributed by atoms with E-state index in [0.717, 1.165) is 38.9 Å². The van der Waals surface area contributed by atoms with Crippen LogP contribution in [0.15, 0.2) is 47.4 Å². The highest BCUT2D eigenvalue weighted by molar-refractivity contribution is 8.03. The lowest BCUT2D eigenvalue weighted by Crippen LogP contribution is -2.17. The number of hydrogen-bond donors (Lipinski definition) is 1. The molecule has 5 nitrogen and oxygen atoms in total. The minimum Gasteiger partial charge on any atom is -0.494 e. The fourth-order valence-electron chi connectivity index (χ4n) is 3.23. The van der Waals surface area contributed by atoms with Gasteiger partial charge < -0.3 is 14.6 Å². The summed E-state index contributed by atoms with van der Waals surface area (Å²) in [7, 11) is 0. The van der Waals surface area contributed by atoms with Gasteiger partial charge in [-0.3, -0.25) is 4.79 Å². The first-order valence-electron chi connectivity index (χ1n) is 8.82. The quantitative estimate of drug-likeness (QED) is 0.472. The molecule has 1 N–H and O–H groups in total. The normalized spacial score (nSPS) is 10.6. The van der Waals surface area contributed by atoms with Crippen molar-refractivity contribution in [3.8, 4) is 11.2 Å². The molecule has 0 fully saturated rings. The van der Waals surface area contributed by atoms with Crippen LogP contribution >= 0.6 is 11.8 Å². The maximum atomic E-state index is 13.0. The van der Waals surface area contributed by atoms with Crippen molar-refractivity contribution in [2.75, 3.05) is 11.9 Å². The standard InChI is InChI=1S/C21H21N3O2S/c1-4-24-19-11-8-16(26-5-2)12-18(19)14(3)20(24)21(25)23-15-6-9-17(10-7-15)27-13-22/h6-12H,4-5H2,1-3H3,(H,23,25). The summed E-state index contributed by atoms with van der Waals surface area (Å²) in [4.78, 5) is 13.8. The molecule has 0 bridgehead atoms. The molecule has 0 spiro atoms. The molecular formula is C21H21N3O2S. The van der Waals surface area contributed by atoms with Crippen LogP contribution < -0.4 is 10.1 Å². The average Bonchev–Trinajstić information content (AvgIpc) is 2.95. The second-order valence-electron chi connectivity index (χ2n) is 6.00. The fraction of sp³-hybridized carbons (Fsp3) is 0.238. The Labute approximate surface area is 162 Å². The predicted octanol–water partition coefficient (Wildman–Crippen LogP) is 5.19. The van der Waals surface area contributed by atoms with E-state index in [2.05, 4.69) is 5.32 Å². The van der Waals surface area contributed by atoms with E-state index >= 15 is 0 Å². The zero-order valence-electron chi connectivity index (χ0n) is 15.6. The maximum Gasteiger partial charge on any atom is 0.272 e. The van der Waals surface area contributed by atoms with Crippen molar-refractivity contribution in [1.29, 1.82) is 5.26 Å². The number of carbonyl (C=O) groups excluding carboxylic acids is 1. The number of nitrogens with zero attached hydrogens (tertiary/aromatic N) is 2. The van der Waals surface area contributed by atoms with Gasteiger partial charge in [-0.25, -0.2) is 0 Å². The van der Waals surface area contributed by atoms with Crippen molar-refractivity contribution >= 4 is 34.3 Å². The van der Waals surface area contributed by atoms with Crippen LogP contribution in [0.3, 0.4) is 0 Å². The third kappa shape index (κ3) is 3.79. The van der Waals surface area contributed by atoms with Crippen molar-refractivity contribution in [2.45, 2.75) is 32.2 Å². The van der Waals surface area contributed by atoms with E-state index in [1.54, 1.807) is 12.1 Å². The first kappa shape index (κ1) is 18.9. The van der Waals surface area contributed by atoms with E-state index in [1.807, 2.05) is 61.1 Å². The van der Waals surface area contributed by atoms with Gasteiger partial charge in [0.2, 0.25) is 0 Å². The molecule has 0 radical (unpaired) electrons. The lowest BCUT2D eigenvalue weighted by atomic mass is 10.1. The molecule has 1 amide bonds. The van der Waals surface area contributed by atoms with Crippen LogP contribution in [0, 0.1) is 17.6 Å². The largest absolute Gasteiger partial charge is 0.494 e. The molecule has 138 valence electrons. The Morgan fingerprint density at radius 2 is 1.96 bits per heavy atom. The van der Waals surface area contributed by atoms with E-state index in [9.17, 15) is 4.79 Å². The highest BCUT2D eigenvalue weighted by Gasteiger charge is 2.20. The lowest BCUT2D eigenvalue weighted by molar-refractivity contribution is 0.101. The van der Waals surface area contributed by atoms with Gasteiger partial charge in [0.05, 0.1) is 6.61 Å². The first-order chi connectivity index (χ1) is 13.1. The predicted molar refractivity (Wildman–Crippen MR) is 109 cm³/mol. The number of anilines is 1. The molecule has 27 heavy (non-hydrogen) atoms. The molecule has 0 saturated carbocycles. The van der Waals surface area contributed by atoms with Gasteiger partial charge in [-0.15, -0.1) is 0 Å². The van der Waals surface area contributed by atoms with E-state index in [1.165, 1.54) is 0 Å². The molecule has 0 atom stereocenters. The van der Waals surface area contributed by atoms with Gasteiger partial charge in [0.15, 0.2) is 0 Å². The summed E-state index contributed by atoms with van der Waals surface area (Å²) >= 11 is 1.09. The Balaban J connectivity index is 1.95. The summed E-state index contributed by atoms with van der Waals surface area (Å²) in [5.74, 6) is 0.656. The van der Waals surface area contributed by atoms with Crippen LogP contribution in [0.1, 0.15) is 29.9 Å². The minimum absolute atomic E-state index is 0.149. The van der Waals surface area contributed by atoms with Crippen molar-refractivity contribution in [1.82, 2.24) is 4.57 Å². The van der Waals surface area contributed by atoms with E-state index in [4.69, 9.17) is 10.00 Å². The molecule has 6 heteroatoms. The van der Waals surface area contributed by atoms with Gasteiger partial charge in [-0.1, -0.05) is 0 Å². The summed E-state index contributed by atoms with van der Waals surface area (Å²) in [6, 6.07) is 13.2. The lowest BCUT2D eigenvalue weighted by Gasteiger charge is -2.10. The number of thiocyanates is 1. The highest BCUT2D eigenvalue weighted by atomic mass is 32.2. The zero-order chi connectivity index (χ0) is 19.4. The number of carbonyl (C=O) groups is 1.